The highest BCUT2D eigenvalue weighted by molar-refractivity contribution is 7.99. The van der Waals surface area contributed by atoms with E-state index in [1.165, 1.54) is 5.56 Å². The van der Waals surface area contributed by atoms with E-state index >= 15 is 0 Å². The van der Waals surface area contributed by atoms with Crippen molar-refractivity contribution in [2.45, 2.75) is 109 Å². The molecular weight excluding hydrogens is 380 g/mol. The lowest BCUT2D eigenvalue weighted by Gasteiger charge is -2.31. The van der Waals surface area contributed by atoms with Crippen LogP contribution in [0, 0.1) is 5.92 Å². The summed E-state index contributed by atoms with van der Waals surface area (Å²) in [6, 6.07) is 3.72. The standard InChI is InChI=1S/C25H42O3S/c1-9-11-12-17(10-2)13-22(23(27)28)29-16-19-20(24(3,4)5)14-18(26)15-21(19)25(6,7)8/h14-15,17,22,26H,9-13,16H2,1-8H3,(H,27,28). The van der Waals surface area contributed by atoms with E-state index in [0.717, 1.165) is 43.2 Å². The largest absolute Gasteiger partial charge is 0.508 e. The molecule has 1 aromatic rings. The van der Waals surface area contributed by atoms with Crippen molar-refractivity contribution in [2.75, 3.05) is 0 Å². The van der Waals surface area contributed by atoms with Crippen molar-refractivity contribution in [1.29, 1.82) is 0 Å². The first-order valence-corrected chi connectivity index (χ1v) is 12.1. The van der Waals surface area contributed by atoms with E-state index in [9.17, 15) is 15.0 Å². The highest BCUT2D eigenvalue weighted by Crippen LogP contribution is 2.40. The summed E-state index contributed by atoms with van der Waals surface area (Å²) in [7, 11) is 0. The van der Waals surface area contributed by atoms with Gasteiger partial charge in [-0.25, -0.2) is 0 Å². The number of aromatic hydroxyl groups is 1. The van der Waals surface area contributed by atoms with E-state index in [4.69, 9.17) is 0 Å². The maximum absolute atomic E-state index is 12.0. The molecular formula is C25H42O3S. The Hall–Kier alpha value is -1.16. The van der Waals surface area contributed by atoms with Crippen LogP contribution >= 0.6 is 11.8 Å². The molecule has 0 aromatic heterocycles. The molecule has 1 rings (SSSR count). The first-order valence-electron chi connectivity index (χ1n) is 11.0. The number of carboxylic acids is 1. The molecule has 0 radical (unpaired) electrons. The van der Waals surface area contributed by atoms with Gasteiger partial charge in [0.15, 0.2) is 0 Å². The van der Waals surface area contributed by atoms with E-state index in [-0.39, 0.29) is 16.6 Å². The number of thioether (sulfide) groups is 1. The highest BCUT2D eigenvalue weighted by Gasteiger charge is 2.29. The molecule has 29 heavy (non-hydrogen) atoms. The second-order valence-corrected chi connectivity index (χ2v) is 11.5. The molecule has 0 aliphatic carbocycles. The number of rotatable bonds is 10. The minimum absolute atomic E-state index is 0.125. The smallest absolute Gasteiger partial charge is 0.316 e. The molecule has 0 saturated carbocycles. The van der Waals surface area contributed by atoms with Gasteiger partial charge >= 0.3 is 5.97 Å². The Morgan fingerprint density at radius 2 is 1.55 bits per heavy atom. The highest BCUT2D eigenvalue weighted by atomic mass is 32.2. The molecule has 2 N–H and O–H groups in total. The summed E-state index contributed by atoms with van der Waals surface area (Å²) in [4.78, 5) is 12.0. The molecule has 3 nitrogen and oxygen atoms in total. The molecule has 0 spiro atoms. The van der Waals surface area contributed by atoms with Crippen LogP contribution in [-0.4, -0.2) is 21.4 Å². The Balaban J connectivity index is 3.21. The number of carboxylic acid groups (broad SMARTS) is 1. The van der Waals surface area contributed by atoms with Crippen molar-refractivity contribution < 1.29 is 15.0 Å². The molecule has 0 saturated heterocycles. The number of phenols is 1. The Kier molecular flexibility index (Phi) is 9.59. The van der Waals surface area contributed by atoms with Gasteiger partial charge in [-0.05, 0) is 52.0 Å². The van der Waals surface area contributed by atoms with E-state index in [2.05, 4.69) is 55.4 Å². The van der Waals surface area contributed by atoms with Crippen LogP contribution in [0.25, 0.3) is 0 Å². The molecule has 0 bridgehead atoms. The number of benzene rings is 1. The van der Waals surface area contributed by atoms with E-state index in [1.54, 1.807) is 11.8 Å². The number of hydrogen-bond donors (Lipinski definition) is 2. The lowest BCUT2D eigenvalue weighted by molar-refractivity contribution is -0.136. The fraction of sp³-hybridized carbons (Fsp3) is 0.720. The SMILES string of the molecule is CCCCC(CC)CC(SCc1c(C(C)(C)C)cc(O)cc1C(C)(C)C)C(=O)O. The van der Waals surface area contributed by atoms with Crippen LogP contribution in [-0.2, 0) is 21.4 Å². The zero-order valence-electron chi connectivity index (χ0n) is 19.8. The summed E-state index contributed by atoms with van der Waals surface area (Å²) in [5.74, 6) is 0.695. The number of hydrogen-bond acceptors (Lipinski definition) is 3. The van der Waals surface area contributed by atoms with E-state index in [1.807, 2.05) is 12.1 Å². The second-order valence-electron chi connectivity index (χ2n) is 10.3. The summed E-state index contributed by atoms with van der Waals surface area (Å²) < 4.78 is 0. The van der Waals surface area contributed by atoms with Crippen LogP contribution in [0.15, 0.2) is 12.1 Å². The fourth-order valence-electron chi connectivity index (χ4n) is 3.86. The first kappa shape index (κ1) is 25.9. The molecule has 1 aromatic carbocycles. The molecule has 0 amide bonds. The van der Waals surface area contributed by atoms with Crippen molar-refractivity contribution >= 4 is 17.7 Å². The molecule has 2 atom stereocenters. The predicted octanol–water partition coefficient (Wildman–Crippen LogP) is 7.28. The van der Waals surface area contributed by atoms with Crippen LogP contribution in [0.1, 0.15) is 104 Å². The minimum Gasteiger partial charge on any atom is -0.508 e. The zero-order valence-corrected chi connectivity index (χ0v) is 20.6. The number of unbranched alkanes of at least 4 members (excludes halogenated alkanes) is 1. The lowest BCUT2D eigenvalue weighted by atomic mass is 9.76. The predicted molar refractivity (Wildman–Crippen MR) is 126 cm³/mol. The van der Waals surface area contributed by atoms with Gasteiger partial charge < -0.3 is 10.2 Å². The van der Waals surface area contributed by atoms with E-state index in [0.29, 0.717) is 11.7 Å². The third-order valence-corrected chi connectivity index (χ3v) is 6.90. The van der Waals surface area contributed by atoms with E-state index < -0.39 is 11.2 Å². The topological polar surface area (TPSA) is 57.5 Å². The van der Waals surface area contributed by atoms with Crippen molar-refractivity contribution in [3.63, 3.8) is 0 Å². The zero-order chi connectivity index (χ0) is 22.4. The van der Waals surface area contributed by atoms with Gasteiger partial charge in [-0.3, -0.25) is 4.79 Å². The Morgan fingerprint density at radius 3 is 1.93 bits per heavy atom. The maximum atomic E-state index is 12.0. The fourth-order valence-corrected chi connectivity index (χ4v) is 5.09. The summed E-state index contributed by atoms with van der Waals surface area (Å²) in [5, 5.41) is 19.8. The molecule has 0 aliphatic heterocycles. The van der Waals surface area contributed by atoms with Gasteiger partial charge in [-0.15, -0.1) is 11.8 Å². The lowest BCUT2D eigenvalue weighted by Crippen LogP contribution is -2.23. The third kappa shape index (κ3) is 7.88. The summed E-state index contributed by atoms with van der Waals surface area (Å²) in [5.41, 5.74) is 3.15. The first-order chi connectivity index (χ1) is 13.3. The Labute approximate surface area is 182 Å². The Morgan fingerprint density at radius 1 is 1.03 bits per heavy atom. The van der Waals surface area contributed by atoms with Gasteiger partial charge in [-0.1, -0.05) is 81.1 Å². The van der Waals surface area contributed by atoms with Gasteiger partial charge in [0.05, 0.1) is 0 Å². The van der Waals surface area contributed by atoms with Gasteiger partial charge in [0.2, 0.25) is 0 Å². The summed E-state index contributed by atoms with van der Waals surface area (Å²) >= 11 is 1.55. The third-order valence-electron chi connectivity index (χ3n) is 5.65. The number of aliphatic carboxylic acids is 1. The average Bonchev–Trinajstić information content (AvgIpc) is 2.59. The number of phenolic OH excluding ortho intramolecular Hbond substituents is 1. The van der Waals surface area contributed by atoms with Gasteiger partial charge in [0.1, 0.15) is 11.0 Å². The van der Waals surface area contributed by atoms with Crippen molar-refractivity contribution in [2.24, 2.45) is 5.92 Å². The normalized spacial score (nSPS) is 14.6. The molecule has 0 heterocycles. The maximum Gasteiger partial charge on any atom is 0.316 e. The number of carbonyl (C=O) groups is 1. The minimum atomic E-state index is -0.710. The van der Waals surface area contributed by atoms with Crippen LogP contribution in [0.5, 0.6) is 5.75 Å². The molecule has 166 valence electrons. The van der Waals surface area contributed by atoms with Crippen LogP contribution in [0.3, 0.4) is 0 Å². The average molecular weight is 423 g/mol. The van der Waals surface area contributed by atoms with Crippen LogP contribution in [0.2, 0.25) is 0 Å². The second kappa shape index (κ2) is 10.7. The van der Waals surface area contributed by atoms with Gasteiger partial charge in [-0.2, -0.15) is 0 Å². The summed E-state index contributed by atoms with van der Waals surface area (Å²) in [6.45, 7) is 17.2. The molecule has 4 heteroatoms. The molecule has 0 aliphatic rings. The quantitative estimate of drug-likeness (QED) is 0.416. The van der Waals surface area contributed by atoms with Crippen molar-refractivity contribution in [3.05, 3.63) is 28.8 Å². The van der Waals surface area contributed by atoms with Crippen molar-refractivity contribution in [3.8, 4) is 5.75 Å². The molecule has 2 unspecified atom stereocenters. The monoisotopic (exact) mass is 422 g/mol. The van der Waals surface area contributed by atoms with Crippen molar-refractivity contribution in [1.82, 2.24) is 0 Å². The Bertz CT molecular complexity index is 633. The van der Waals surface area contributed by atoms with Gasteiger partial charge in [0, 0.05) is 5.75 Å². The molecule has 0 fully saturated rings. The van der Waals surface area contributed by atoms with Crippen LogP contribution < -0.4 is 0 Å². The van der Waals surface area contributed by atoms with Gasteiger partial charge in [0.25, 0.3) is 0 Å². The summed E-state index contributed by atoms with van der Waals surface area (Å²) in [6.07, 6.45) is 5.18. The van der Waals surface area contributed by atoms with Crippen LogP contribution in [0.4, 0.5) is 0 Å².